The number of hydrogen-bond acceptors (Lipinski definition) is 2. The van der Waals surface area contributed by atoms with Crippen molar-refractivity contribution in [3.8, 4) is 33.4 Å². The fraction of sp³-hybridized carbons (Fsp3) is 0. The maximum Gasteiger partial charge on any atom is 0.0815 e. The van der Waals surface area contributed by atoms with Gasteiger partial charge in [-0.1, -0.05) is 115 Å². The molecule has 3 aromatic heterocycles. The lowest BCUT2D eigenvalue weighted by Crippen LogP contribution is -1.92. The van der Waals surface area contributed by atoms with Gasteiger partial charge in [-0.2, -0.15) is 0 Å². The predicted molar refractivity (Wildman–Crippen MR) is 205 cm³/mol. The molecular formula is C44H29ClN4. The smallest absolute Gasteiger partial charge is 0.0815 e. The van der Waals surface area contributed by atoms with Gasteiger partial charge in [0.15, 0.2) is 0 Å². The van der Waals surface area contributed by atoms with Crippen molar-refractivity contribution in [3.63, 3.8) is 0 Å². The summed E-state index contributed by atoms with van der Waals surface area (Å²) in [7, 11) is 0. The average molecular weight is 649 g/mol. The number of H-pyrrole nitrogens is 2. The fourth-order valence-electron chi connectivity index (χ4n) is 6.82. The van der Waals surface area contributed by atoms with Crippen LogP contribution in [0.3, 0.4) is 0 Å². The zero-order chi connectivity index (χ0) is 32.7. The summed E-state index contributed by atoms with van der Waals surface area (Å²) in [5.74, 6) is 0. The SMILES string of the molecule is Clc1cccc(-c2c(-c3ccccc3)c3[nH]c2cc2nc(cc4ccc(cc5nc(c3-c3ccccc3)C(c3ccccc3)=C5)[nH]4)C=C2)c1. The minimum absolute atomic E-state index is 0.675. The summed E-state index contributed by atoms with van der Waals surface area (Å²) in [6.07, 6.45) is 6.30. The molecule has 0 fully saturated rings. The van der Waals surface area contributed by atoms with E-state index in [1.807, 2.05) is 30.3 Å². The highest BCUT2D eigenvalue weighted by Gasteiger charge is 2.24. The molecule has 7 aromatic rings. The lowest BCUT2D eigenvalue weighted by Gasteiger charge is -2.12. The van der Waals surface area contributed by atoms with E-state index in [0.29, 0.717) is 5.02 Å². The highest BCUT2D eigenvalue weighted by molar-refractivity contribution is 6.31. The van der Waals surface area contributed by atoms with Crippen molar-refractivity contribution in [3.05, 3.63) is 179 Å². The molecule has 0 aliphatic carbocycles. The molecule has 2 aliphatic heterocycles. The maximum absolute atomic E-state index is 6.68. The van der Waals surface area contributed by atoms with Crippen LogP contribution in [0.15, 0.2) is 146 Å². The second-order valence-electron chi connectivity index (χ2n) is 12.2. The largest absolute Gasteiger partial charge is 0.355 e. The van der Waals surface area contributed by atoms with Gasteiger partial charge in [0.1, 0.15) is 0 Å². The molecule has 5 heterocycles. The van der Waals surface area contributed by atoms with Crippen molar-refractivity contribution in [1.29, 1.82) is 0 Å². The standard InChI is InChI=1S/C44H29ClN4/c45-32-18-10-17-31(23-32)40-39-27-36-22-21-34(47-36)24-33-19-20-35(46-33)25-37-26-38(28-11-4-1-5-12-28)43(48-37)42(30-15-8-3-9-16-30)44(49-39)41(40)29-13-6-2-7-14-29/h1-27,46,49H. The molecule has 0 radical (unpaired) electrons. The first-order valence-electron chi connectivity index (χ1n) is 16.3. The first-order chi connectivity index (χ1) is 24.2. The lowest BCUT2D eigenvalue weighted by molar-refractivity contribution is 1.30. The maximum atomic E-state index is 6.68. The molecule has 4 aromatic carbocycles. The van der Waals surface area contributed by atoms with Gasteiger partial charge in [-0.05, 0) is 82.9 Å². The van der Waals surface area contributed by atoms with Crippen LogP contribution >= 0.6 is 11.6 Å². The third-order valence-electron chi connectivity index (χ3n) is 8.94. The summed E-state index contributed by atoms with van der Waals surface area (Å²) in [5.41, 5.74) is 15.7. The third-order valence-corrected chi connectivity index (χ3v) is 9.18. The average Bonchev–Trinajstić information content (AvgIpc) is 3.94. The topological polar surface area (TPSA) is 57.4 Å². The highest BCUT2D eigenvalue weighted by atomic mass is 35.5. The Kier molecular flexibility index (Phi) is 7.15. The number of nitrogens with zero attached hydrogens (tertiary/aromatic N) is 2. The Morgan fingerprint density at radius 3 is 1.71 bits per heavy atom. The monoisotopic (exact) mass is 648 g/mol. The summed E-state index contributed by atoms with van der Waals surface area (Å²) in [6.45, 7) is 0. The summed E-state index contributed by atoms with van der Waals surface area (Å²) >= 11 is 6.68. The van der Waals surface area contributed by atoms with Crippen molar-refractivity contribution in [2.45, 2.75) is 0 Å². The minimum Gasteiger partial charge on any atom is -0.355 e. The Morgan fingerprint density at radius 2 is 1.04 bits per heavy atom. The molecule has 4 nitrogen and oxygen atoms in total. The van der Waals surface area contributed by atoms with E-state index in [2.05, 4.69) is 143 Å². The molecule has 0 saturated carbocycles. The molecule has 0 amide bonds. The molecule has 0 saturated heterocycles. The number of benzene rings is 4. The van der Waals surface area contributed by atoms with E-state index in [9.17, 15) is 0 Å². The van der Waals surface area contributed by atoms with Gasteiger partial charge in [-0.15, -0.1) is 0 Å². The molecule has 2 N–H and O–H groups in total. The molecule has 0 spiro atoms. The zero-order valence-corrected chi connectivity index (χ0v) is 27.1. The lowest BCUT2D eigenvalue weighted by atomic mass is 9.91. The van der Waals surface area contributed by atoms with Crippen LogP contribution in [0.1, 0.15) is 28.3 Å². The quantitative estimate of drug-likeness (QED) is 0.199. The Hall–Kier alpha value is -6.23. The van der Waals surface area contributed by atoms with Gasteiger partial charge in [0.25, 0.3) is 0 Å². The van der Waals surface area contributed by atoms with Gasteiger partial charge in [0.05, 0.1) is 28.3 Å². The van der Waals surface area contributed by atoms with Crippen LogP contribution in [0.5, 0.6) is 0 Å². The van der Waals surface area contributed by atoms with Gasteiger partial charge < -0.3 is 9.97 Å². The molecule has 5 heteroatoms. The summed E-state index contributed by atoms with van der Waals surface area (Å²) in [5, 5.41) is 0.675. The van der Waals surface area contributed by atoms with E-state index in [1.54, 1.807) is 0 Å². The number of fused-ring (bicyclic) bond motifs is 8. The summed E-state index contributed by atoms with van der Waals surface area (Å²) in [6, 6.07) is 50.2. The Morgan fingerprint density at radius 1 is 0.449 bits per heavy atom. The second-order valence-corrected chi connectivity index (χ2v) is 12.6. The Balaban J connectivity index is 1.54. The van der Waals surface area contributed by atoms with Crippen LogP contribution in [-0.2, 0) is 0 Å². The van der Waals surface area contributed by atoms with Gasteiger partial charge in [-0.25, -0.2) is 9.97 Å². The molecule has 49 heavy (non-hydrogen) atoms. The second kappa shape index (κ2) is 12.1. The zero-order valence-electron chi connectivity index (χ0n) is 26.4. The highest BCUT2D eigenvalue weighted by Crippen LogP contribution is 2.46. The number of halogens is 1. The Labute approximate surface area is 288 Å². The van der Waals surface area contributed by atoms with Gasteiger partial charge in [0, 0.05) is 43.8 Å². The van der Waals surface area contributed by atoms with E-state index < -0.39 is 0 Å². The van der Waals surface area contributed by atoms with Crippen molar-refractivity contribution in [2.75, 3.05) is 0 Å². The van der Waals surface area contributed by atoms with E-state index in [1.165, 1.54) is 0 Å². The number of hydrogen-bond donors (Lipinski definition) is 2. The number of rotatable bonds is 4. The molecule has 8 bridgehead atoms. The van der Waals surface area contributed by atoms with Crippen molar-refractivity contribution in [2.24, 2.45) is 0 Å². The van der Waals surface area contributed by atoms with E-state index >= 15 is 0 Å². The molecule has 232 valence electrons. The Bertz CT molecular complexity index is 2600. The third kappa shape index (κ3) is 5.48. The summed E-state index contributed by atoms with van der Waals surface area (Å²) < 4.78 is 0. The minimum atomic E-state index is 0.675. The molecule has 0 atom stereocenters. The van der Waals surface area contributed by atoms with Crippen LogP contribution in [0, 0.1) is 0 Å². The first-order valence-corrected chi connectivity index (χ1v) is 16.6. The van der Waals surface area contributed by atoms with Crippen LogP contribution in [0.25, 0.3) is 79.2 Å². The molecule has 9 rings (SSSR count). The summed E-state index contributed by atoms with van der Waals surface area (Å²) in [4.78, 5) is 17.9. The van der Waals surface area contributed by atoms with Gasteiger partial charge >= 0.3 is 0 Å². The van der Waals surface area contributed by atoms with Crippen molar-refractivity contribution >= 4 is 57.5 Å². The van der Waals surface area contributed by atoms with Gasteiger partial charge in [-0.3, -0.25) is 0 Å². The van der Waals surface area contributed by atoms with Crippen LogP contribution in [0.4, 0.5) is 0 Å². The van der Waals surface area contributed by atoms with Crippen LogP contribution in [0.2, 0.25) is 5.02 Å². The van der Waals surface area contributed by atoms with E-state index in [0.717, 1.165) is 89.4 Å². The van der Waals surface area contributed by atoms with E-state index in [4.69, 9.17) is 21.6 Å². The van der Waals surface area contributed by atoms with Gasteiger partial charge in [0.2, 0.25) is 0 Å². The number of aromatic amines is 2. The normalized spacial score (nSPS) is 12.2. The first kappa shape index (κ1) is 29.0. The van der Waals surface area contributed by atoms with Crippen LogP contribution < -0.4 is 0 Å². The number of nitrogens with one attached hydrogen (secondary N) is 2. The molecular weight excluding hydrogens is 620 g/mol. The number of aromatic nitrogens is 4. The van der Waals surface area contributed by atoms with E-state index in [-0.39, 0.29) is 0 Å². The fourth-order valence-corrected chi connectivity index (χ4v) is 7.01. The van der Waals surface area contributed by atoms with Crippen LogP contribution in [-0.4, -0.2) is 19.9 Å². The van der Waals surface area contributed by atoms with Crippen molar-refractivity contribution in [1.82, 2.24) is 19.9 Å². The molecule has 2 aliphatic rings. The van der Waals surface area contributed by atoms with Crippen molar-refractivity contribution < 1.29 is 0 Å². The molecule has 0 unspecified atom stereocenters. The predicted octanol–water partition coefficient (Wildman–Crippen LogP) is 11.7.